The topological polar surface area (TPSA) is 84.7 Å². The molecule has 33 heavy (non-hydrogen) atoms. The largest absolute Gasteiger partial charge is 0.497 e. The number of allylic oxidation sites excluding steroid dienone is 4. The Bertz CT molecular complexity index is 1110. The first-order valence-corrected chi connectivity index (χ1v) is 11.3. The highest BCUT2D eigenvalue weighted by atomic mass is 35.5. The molecule has 0 bridgehead atoms. The zero-order valence-electron chi connectivity index (χ0n) is 18.3. The number of hydrogen-bond donors (Lipinski definition) is 1. The SMILES string of the molecule is COc1ccc(CNC(=O)CN(SC2=CC=C([N+](=O)[O-])CC=C2)c2cccc(Cl)c2C)cc1. The minimum atomic E-state index is -0.389. The van der Waals surface area contributed by atoms with Gasteiger partial charge in [-0.25, -0.2) is 0 Å². The molecule has 0 saturated heterocycles. The molecule has 172 valence electrons. The minimum absolute atomic E-state index is 0.0684. The first kappa shape index (κ1) is 24.4. The summed E-state index contributed by atoms with van der Waals surface area (Å²) in [5.41, 5.74) is 2.71. The van der Waals surface area contributed by atoms with Gasteiger partial charge < -0.3 is 14.4 Å². The number of carbonyl (C=O) groups is 1. The first-order valence-electron chi connectivity index (χ1n) is 10.2. The minimum Gasteiger partial charge on any atom is -0.497 e. The van der Waals surface area contributed by atoms with Crippen LogP contribution in [0.25, 0.3) is 0 Å². The zero-order chi connectivity index (χ0) is 23.8. The molecule has 0 saturated carbocycles. The van der Waals surface area contributed by atoms with Gasteiger partial charge in [-0.3, -0.25) is 14.9 Å². The van der Waals surface area contributed by atoms with E-state index < -0.39 is 0 Å². The molecular formula is C24H24ClN3O4S. The Morgan fingerprint density at radius 3 is 2.70 bits per heavy atom. The molecule has 0 radical (unpaired) electrons. The number of hydrogen-bond acceptors (Lipinski definition) is 6. The van der Waals surface area contributed by atoms with Crippen molar-refractivity contribution in [3.05, 3.63) is 104 Å². The van der Waals surface area contributed by atoms with Crippen LogP contribution in [-0.2, 0) is 11.3 Å². The van der Waals surface area contributed by atoms with E-state index in [1.54, 1.807) is 25.3 Å². The molecule has 0 aromatic heterocycles. The van der Waals surface area contributed by atoms with Crippen LogP contribution >= 0.6 is 23.5 Å². The number of nitrogens with zero attached hydrogens (tertiary/aromatic N) is 2. The highest BCUT2D eigenvalue weighted by molar-refractivity contribution is 8.04. The molecule has 0 spiro atoms. The van der Waals surface area contributed by atoms with E-state index in [0.717, 1.165) is 27.5 Å². The second kappa shape index (κ2) is 11.6. The molecule has 2 aromatic carbocycles. The average Bonchev–Trinajstić information content (AvgIpc) is 3.05. The van der Waals surface area contributed by atoms with Crippen molar-refractivity contribution < 1.29 is 14.5 Å². The van der Waals surface area contributed by atoms with Crippen LogP contribution in [0.2, 0.25) is 5.02 Å². The Labute approximate surface area is 202 Å². The van der Waals surface area contributed by atoms with Crippen LogP contribution < -0.4 is 14.4 Å². The van der Waals surface area contributed by atoms with Crippen LogP contribution in [-0.4, -0.2) is 24.5 Å². The molecule has 2 aromatic rings. The standard InChI is InChI=1S/C24H24ClN3O4S/c1-17-22(25)7-4-8-23(17)27(33-21-6-3-5-19(11-14-21)28(30)31)16-24(29)26-15-18-9-12-20(32-2)13-10-18/h3-4,6-14H,5,15-16H2,1-2H3,(H,26,29). The summed E-state index contributed by atoms with van der Waals surface area (Å²) in [4.78, 5) is 24.3. The first-order chi connectivity index (χ1) is 15.9. The molecule has 0 aliphatic heterocycles. The molecule has 1 aliphatic rings. The van der Waals surface area contributed by atoms with E-state index in [9.17, 15) is 14.9 Å². The van der Waals surface area contributed by atoms with Crippen LogP contribution in [0.5, 0.6) is 5.75 Å². The van der Waals surface area contributed by atoms with Gasteiger partial charge in [-0.2, -0.15) is 0 Å². The Kier molecular flexibility index (Phi) is 8.57. The number of rotatable bonds is 9. The number of methoxy groups -OCH3 is 1. The molecule has 1 aliphatic carbocycles. The van der Waals surface area contributed by atoms with Crippen molar-refractivity contribution in [2.24, 2.45) is 0 Å². The van der Waals surface area contributed by atoms with Crippen molar-refractivity contribution >= 4 is 35.1 Å². The summed E-state index contributed by atoms with van der Waals surface area (Å²) in [6.07, 6.45) is 6.99. The van der Waals surface area contributed by atoms with Crippen molar-refractivity contribution in [1.82, 2.24) is 5.32 Å². The van der Waals surface area contributed by atoms with E-state index in [1.165, 1.54) is 18.0 Å². The maximum atomic E-state index is 12.8. The van der Waals surface area contributed by atoms with Crippen LogP contribution in [0.3, 0.4) is 0 Å². The van der Waals surface area contributed by atoms with Crippen molar-refractivity contribution in [3.8, 4) is 5.75 Å². The third-order valence-electron chi connectivity index (χ3n) is 4.94. The summed E-state index contributed by atoms with van der Waals surface area (Å²) in [6.45, 7) is 2.34. The van der Waals surface area contributed by atoms with Gasteiger partial charge in [0.25, 0.3) is 0 Å². The third kappa shape index (κ3) is 6.87. The van der Waals surface area contributed by atoms with Gasteiger partial charge in [0.1, 0.15) is 12.3 Å². The maximum absolute atomic E-state index is 12.8. The number of ether oxygens (including phenoxy) is 1. The molecule has 0 fully saturated rings. The van der Waals surface area contributed by atoms with Gasteiger partial charge in [-0.15, -0.1) is 0 Å². The predicted molar refractivity (Wildman–Crippen MR) is 133 cm³/mol. The summed E-state index contributed by atoms with van der Waals surface area (Å²) in [6, 6.07) is 13.0. The second-order valence-corrected chi connectivity index (χ2v) is 8.73. The Hall–Kier alpha value is -3.23. The molecule has 3 rings (SSSR count). The van der Waals surface area contributed by atoms with Gasteiger partial charge in [0, 0.05) is 22.5 Å². The molecule has 0 atom stereocenters. The van der Waals surface area contributed by atoms with Gasteiger partial charge in [0.2, 0.25) is 11.6 Å². The summed E-state index contributed by atoms with van der Waals surface area (Å²) in [7, 11) is 1.60. The highest BCUT2D eigenvalue weighted by Gasteiger charge is 2.18. The number of nitro groups is 1. The maximum Gasteiger partial charge on any atom is 0.250 e. The van der Waals surface area contributed by atoms with Crippen LogP contribution in [0.15, 0.2) is 77.4 Å². The fourth-order valence-electron chi connectivity index (χ4n) is 3.08. The Morgan fingerprint density at radius 2 is 2.00 bits per heavy atom. The molecule has 0 unspecified atom stereocenters. The predicted octanol–water partition coefficient (Wildman–Crippen LogP) is 5.43. The van der Waals surface area contributed by atoms with Crippen molar-refractivity contribution in [2.75, 3.05) is 18.0 Å². The number of nitrogens with one attached hydrogen (secondary N) is 1. The number of amides is 1. The number of anilines is 1. The summed E-state index contributed by atoms with van der Waals surface area (Å²) >= 11 is 7.65. The van der Waals surface area contributed by atoms with E-state index >= 15 is 0 Å². The third-order valence-corrected chi connectivity index (χ3v) is 6.38. The fraction of sp³-hybridized carbons (Fsp3) is 0.208. The smallest absolute Gasteiger partial charge is 0.250 e. The van der Waals surface area contributed by atoms with E-state index in [4.69, 9.17) is 16.3 Å². The molecule has 0 heterocycles. The lowest BCUT2D eigenvalue weighted by Gasteiger charge is -2.25. The molecule has 1 N–H and O–H groups in total. The Balaban J connectivity index is 1.76. The lowest BCUT2D eigenvalue weighted by atomic mass is 10.2. The highest BCUT2D eigenvalue weighted by Crippen LogP contribution is 2.34. The van der Waals surface area contributed by atoms with Gasteiger partial charge >= 0.3 is 0 Å². The number of benzene rings is 2. The van der Waals surface area contributed by atoms with Crippen molar-refractivity contribution in [1.29, 1.82) is 0 Å². The lowest BCUT2D eigenvalue weighted by Crippen LogP contribution is -2.34. The lowest BCUT2D eigenvalue weighted by molar-refractivity contribution is -0.426. The van der Waals surface area contributed by atoms with E-state index in [-0.39, 0.29) is 29.5 Å². The Morgan fingerprint density at radius 1 is 1.24 bits per heavy atom. The number of carbonyl (C=O) groups excluding carboxylic acids is 1. The fourth-order valence-corrected chi connectivity index (χ4v) is 4.27. The summed E-state index contributed by atoms with van der Waals surface area (Å²) in [5.74, 6) is 0.584. The van der Waals surface area contributed by atoms with Gasteiger partial charge in [0.05, 0.1) is 24.1 Å². The van der Waals surface area contributed by atoms with Gasteiger partial charge in [-0.1, -0.05) is 42.0 Å². The van der Waals surface area contributed by atoms with Crippen molar-refractivity contribution in [3.63, 3.8) is 0 Å². The average molecular weight is 486 g/mol. The van der Waals surface area contributed by atoms with Crippen molar-refractivity contribution in [2.45, 2.75) is 19.9 Å². The van der Waals surface area contributed by atoms with E-state index in [1.807, 2.05) is 53.7 Å². The number of halogens is 1. The summed E-state index contributed by atoms with van der Waals surface area (Å²) in [5, 5.41) is 14.6. The van der Waals surface area contributed by atoms with E-state index in [0.29, 0.717) is 11.6 Å². The second-order valence-electron chi connectivity index (χ2n) is 7.23. The molecule has 1 amide bonds. The van der Waals surface area contributed by atoms with E-state index in [2.05, 4.69) is 5.32 Å². The molecular weight excluding hydrogens is 462 g/mol. The monoisotopic (exact) mass is 485 g/mol. The quantitative estimate of drug-likeness (QED) is 0.289. The van der Waals surface area contributed by atoms with Gasteiger partial charge in [0.15, 0.2) is 0 Å². The van der Waals surface area contributed by atoms with Crippen LogP contribution in [0, 0.1) is 17.0 Å². The molecule has 9 heteroatoms. The van der Waals surface area contributed by atoms with Crippen LogP contribution in [0.4, 0.5) is 5.69 Å². The van der Waals surface area contributed by atoms with Crippen LogP contribution in [0.1, 0.15) is 17.5 Å². The van der Waals surface area contributed by atoms with Gasteiger partial charge in [-0.05, 0) is 60.3 Å². The molecule has 7 nitrogen and oxygen atoms in total. The summed E-state index contributed by atoms with van der Waals surface area (Å²) < 4.78 is 7.00. The zero-order valence-corrected chi connectivity index (χ0v) is 19.9. The normalized spacial score (nSPS) is 12.9.